The Morgan fingerprint density at radius 1 is 1.53 bits per heavy atom. The summed E-state index contributed by atoms with van der Waals surface area (Å²) in [7, 11) is 2.21. The third-order valence-corrected chi connectivity index (χ3v) is 4.05. The van der Waals surface area contributed by atoms with E-state index in [1.54, 1.807) is 11.3 Å². The fourth-order valence-corrected chi connectivity index (χ4v) is 2.91. The molecule has 1 aromatic rings. The van der Waals surface area contributed by atoms with Gasteiger partial charge in [0.15, 0.2) is 0 Å². The lowest BCUT2D eigenvalue weighted by molar-refractivity contribution is 0.235. The molecule has 2 rings (SSSR count). The van der Waals surface area contributed by atoms with Crippen molar-refractivity contribution >= 4 is 11.3 Å². The first kappa shape index (κ1) is 11.0. The first-order chi connectivity index (χ1) is 7.29. The van der Waals surface area contributed by atoms with Crippen LogP contribution in [0.2, 0.25) is 0 Å². The van der Waals surface area contributed by atoms with E-state index in [1.165, 1.54) is 31.4 Å². The second kappa shape index (κ2) is 5.05. The van der Waals surface area contributed by atoms with Crippen molar-refractivity contribution in [2.75, 3.05) is 7.05 Å². The summed E-state index contributed by atoms with van der Waals surface area (Å²) in [5.74, 6) is 0. The predicted molar refractivity (Wildman–Crippen MR) is 63.7 cm³/mol. The molecule has 1 heterocycles. The van der Waals surface area contributed by atoms with E-state index >= 15 is 0 Å². The van der Waals surface area contributed by atoms with Crippen molar-refractivity contribution in [3.8, 4) is 0 Å². The van der Waals surface area contributed by atoms with Gasteiger partial charge in [0.1, 0.15) is 5.01 Å². The third-order valence-electron chi connectivity index (χ3n) is 3.13. The highest BCUT2D eigenvalue weighted by atomic mass is 32.1. The standard InChI is InChI=1S/C11H19N3S/c1-14(10-4-2-3-5-10)7-9-8-15-11(6-12)13-9/h8,10H,2-7,12H2,1H3. The summed E-state index contributed by atoms with van der Waals surface area (Å²) in [6.07, 6.45) is 5.48. The Labute approximate surface area is 95.3 Å². The Balaban J connectivity index is 1.89. The van der Waals surface area contributed by atoms with E-state index in [0.29, 0.717) is 6.54 Å². The van der Waals surface area contributed by atoms with Gasteiger partial charge >= 0.3 is 0 Å². The van der Waals surface area contributed by atoms with Crippen LogP contribution in [0.5, 0.6) is 0 Å². The number of nitrogens with two attached hydrogens (primary N) is 1. The zero-order chi connectivity index (χ0) is 10.7. The summed E-state index contributed by atoms with van der Waals surface area (Å²) in [6.45, 7) is 1.54. The number of rotatable bonds is 4. The zero-order valence-electron chi connectivity index (χ0n) is 9.28. The molecule has 2 N–H and O–H groups in total. The topological polar surface area (TPSA) is 42.1 Å². The first-order valence-corrected chi connectivity index (χ1v) is 6.51. The minimum atomic E-state index is 0.567. The van der Waals surface area contributed by atoms with Crippen molar-refractivity contribution in [1.82, 2.24) is 9.88 Å². The lowest BCUT2D eigenvalue weighted by Crippen LogP contribution is -2.28. The van der Waals surface area contributed by atoms with E-state index in [2.05, 4.69) is 22.3 Å². The van der Waals surface area contributed by atoms with Crippen molar-refractivity contribution < 1.29 is 0 Å². The smallest absolute Gasteiger partial charge is 0.106 e. The Kier molecular flexibility index (Phi) is 3.72. The molecule has 0 spiro atoms. The van der Waals surface area contributed by atoms with Crippen LogP contribution in [0.15, 0.2) is 5.38 Å². The maximum Gasteiger partial charge on any atom is 0.106 e. The lowest BCUT2D eigenvalue weighted by atomic mass is 10.2. The van der Waals surface area contributed by atoms with Crippen molar-refractivity contribution in [3.63, 3.8) is 0 Å². The Bertz CT molecular complexity index is 305. The van der Waals surface area contributed by atoms with Gasteiger partial charge in [0, 0.05) is 24.5 Å². The van der Waals surface area contributed by atoms with Crippen LogP contribution >= 0.6 is 11.3 Å². The molecule has 1 fully saturated rings. The number of hydrogen-bond acceptors (Lipinski definition) is 4. The number of aromatic nitrogens is 1. The maximum absolute atomic E-state index is 5.55. The highest BCUT2D eigenvalue weighted by Gasteiger charge is 2.19. The van der Waals surface area contributed by atoms with E-state index in [0.717, 1.165) is 17.6 Å². The Hall–Kier alpha value is -0.450. The average Bonchev–Trinajstić information content (AvgIpc) is 2.87. The molecule has 0 radical (unpaired) electrons. The van der Waals surface area contributed by atoms with Crippen LogP contribution in [0.4, 0.5) is 0 Å². The van der Waals surface area contributed by atoms with E-state index < -0.39 is 0 Å². The van der Waals surface area contributed by atoms with Crippen LogP contribution in [-0.2, 0) is 13.1 Å². The van der Waals surface area contributed by atoms with Gasteiger partial charge < -0.3 is 5.73 Å². The van der Waals surface area contributed by atoms with Crippen molar-refractivity contribution in [3.05, 3.63) is 16.1 Å². The summed E-state index contributed by atoms with van der Waals surface area (Å²) in [6, 6.07) is 0.771. The highest BCUT2D eigenvalue weighted by Crippen LogP contribution is 2.23. The van der Waals surface area contributed by atoms with Crippen molar-refractivity contribution in [2.45, 2.75) is 44.8 Å². The van der Waals surface area contributed by atoms with Crippen LogP contribution in [0, 0.1) is 0 Å². The molecule has 0 aliphatic heterocycles. The quantitative estimate of drug-likeness (QED) is 0.852. The molecular weight excluding hydrogens is 206 g/mol. The Morgan fingerprint density at radius 3 is 2.87 bits per heavy atom. The minimum absolute atomic E-state index is 0.567. The monoisotopic (exact) mass is 225 g/mol. The summed E-state index contributed by atoms with van der Waals surface area (Å²) < 4.78 is 0. The molecule has 4 heteroatoms. The minimum Gasteiger partial charge on any atom is -0.325 e. The molecule has 1 aromatic heterocycles. The van der Waals surface area contributed by atoms with E-state index in [4.69, 9.17) is 5.73 Å². The molecule has 15 heavy (non-hydrogen) atoms. The van der Waals surface area contributed by atoms with Crippen LogP contribution < -0.4 is 5.73 Å². The molecule has 1 aliphatic rings. The molecule has 1 aliphatic carbocycles. The molecule has 84 valence electrons. The fraction of sp³-hybridized carbons (Fsp3) is 0.727. The van der Waals surface area contributed by atoms with Crippen LogP contribution in [0.3, 0.4) is 0 Å². The highest BCUT2D eigenvalue weighted by molar-refractivity contribution is 7.09. The van der Waals surface area contributed by atoms with Crippen LogP contribution in [-0.4, -0.2) is 23.0 Å². The van der Waals surface area contributed by atoms with Gasteiger partial charge in [-0.05, 0) is 19.9 Å². The second-order valence-corrected chi connectivity index (χ2v) is 5.23. The fourth-order valence-electron chi connectivity index (χ4n) is 2.24. The van der Waals surface area contributed by atoms with Gasteiger partial charge in [-0.1, -0.05) is 12.8 Å². The van der Waals surface area contributed by atoms with Crippen LogP contribution in [0.1, 0.15) is 36.4 Å². The van der Waals surface area contributed by atoms with Crippen molar-refractivity contribution in [1.29, 1.82) is 0 Å². The number of thiazole rings is 1. The largest absolute Gasteiger partial charge is 0.325 e. The summed E-state index contributed by atoms with van der Waals surface area (Å²) in [5.41, 5.74) is 6.73. The van der Waals surface area contributed by atoms with E-state index in [1.807, 2.05) is 0 Å². The molecule has 1 saturated carbocycles. The number of nitrogens with zero attached hydrogens (tertiary/aromatic N) is 2. The molecule has 0 unspecified atom stereocenters. The summed E-state index contributed by atoms with van der Waals surface area (Å²) in [4.78, 5) is 6.92. The molecule has 0 bridgehead atoms. The summed E-state index contributed by atoms with van der Waals surface area (Å²) in [5, 5.41) is 3.18. The summed E-state index contributed by atoms with van der Waals surface area (Å²) >= 11 is 1.67. The normalized spacial score (nSPS) is 17.8. The van der Waals surface area contributed by atoms with Gasteiger partial charge in [-0.3, -0.25) is 4.90 Å². The molecular formula is C11H19N3S. The van der Waals surface area contributed by atoms with Crippen LogP contribution in [0.25, 0.3) is 0 Å². The molecule has 0 aromatic carbocycles. The van der Waals surface area contributed by atoms with Gasteiger partial charge in [0.25, 0.3) is 0 Å². The van der Waals surface area contributed by atoms with E-state index in [-0.39, 0.29) is 0 Å². The average molecular weight is 225 g/mol. The van der Waals surface area contributed by atoms with Gasteiger partial charge in [-0.15, -0.1) is 11.3 Å². The predicted octanol–water partition coefficient (Wildman–Crippen LogP) is 1.98. The molecule has 0 saturated heterocycles. The van der Waals surface area contributed by atoms with Gasteiger partial charge in [-0.2, -0.15) is 0 Å². The Morgan fingerprint density at radius 2 is 2.27 bits per heavy atom. The second-order valence-electron chi connectivity index (χ2n) is 4.29. The lowest BCUT2D eigenvalue weighted by Gasteiger charge is -2.22. The maximum atomic E-state index is 5.55. The van der Waals surface area contributed by atoms with Gasteiger partial charge in [0.05, 0.1) is 5.69 Å². The molecule has 3 nitrogen and oxygen atoms in total. The van der Waals surface area contributed by atoms with Gasteiger partial charge in [0.2, 0.25) is 0 Å². The van der Waals surface area contributed by atoms with Crippen molar-refractivity contribution in [2.24, 2.45) is 5.73 Å². The molecule has 0 amide bonds. The third kappa shape index (κ3) is 2.77. The van der Waals surface area contributed by atoms with E-state index in [9.17, 15) is 0 Å². The SMILES string of the molecule is CN(Cc1csc(CN)n1)C1CCCC1. The molecule has 0 atom stereocenters. The number of hydrogen-bond donors (Lipinski definition) is 1. The zero-order valence-corrected chi connectivity index (χ0v) is 10.1. The first-order valence-electron chi connectivity index (χ1n) is 5.63. The van der Waals surface area contributed by atoms with Gasteiger partial charge in [-0.25, -0.2) is 4.98 Å².